The molecule has 1 aromatic rings. The molecule has 3 fully saturated rings. The lowest BCUT2D eigenvalue weighted by Gasteiger charge is -2.32. The van der Waals surface area contributed by atoms with Gasteiger partial charge >= 0.3 is 0 Å². The lowest BCUT2D eigenvalue weighted by Crippen LogP contribution is -2.35. The first-order valence-corrected chi connectivity index (χ1v) is 9.63. The molecule has 4 heteroatoms. The van der Waals surface area contributed by atoms with Crippen LogP contribution >= 0.6 is 11.3 Å². The summed E-state index contributed by atoms with van der Waals surface area (Å²) in [5, 5.41) is 4.99. The Balaban J connectivity index is 1.49. The fourth-order valence-electron chi connectivity index (χ4n) is 3.38. The van der Waals surface area contributed by atoms with Crippen LogP contribution < -0.4 is 10.2 Å². The van der Waals surface area contributed by atoms with Crippen LogP contribution in [0.3, 0.4) is 0 Å². The summed E-state index contributed by atoms with van der Waals surface area (Å²) in [6.07, 6.45) is 9.52. The normalized spacial score (nSPS) is 26.3. The van der Waals surface area contributed by atoms with Crippen LogP contribution in [0.5, 0.6) is 0 Å². The number of rotatable bonds is 6. The van der Waals surface area contributed by atoms with Crippen molar-refractivity contribution < 1.29 is 0 Å². The van der Waals surface area contributed by atoms with Crippen molar-refractivity contribution >= 4 is 16.5 Å². The van der Waals surface area contributed by atoms with Gasteiger partial charge in [0, 0.05) is 36.5 Å². The van der Waals surface area contributed by atoms with Gasteiger partial charge in [0.15, 0.2) is 5.13 Å². The van der Waals surface area contributed by atoms with E-state index < -0.39 is 0 Å². The summed E-state index contributed by atoms with van der Waals surface area (Å²) in [6.45, 7) is 5.82. The van der Waals surface area contributed by atoms with E-state index in [-0.39, 0.29) is 0 Å². The number of nitrogens with zero attached hydrogens (tertiary/aromatic N) is 2. The monoisotopic (exact) mass is 305 g/mol. The second-order valence-electron chi connectivity index (χ2n) is 7.10. The average Bonchev–Trinajstić information content (AvgIpc) is 3.44. The Labute approximate surface area is 132 Å². The van der Waals surface area contributed by atoms with E-state index in [1.807, 2.05) is 11.3 Å². The van der Waals surface area contributed by atoms with Crippen LogP contribution in [0.4, 0.5) is 5.13 Å². The maximum Gasteiger partial charge on any atom is 0.185 e. The highest BCUT2D eigenvalue weighted by Gasteiger charge is 2.32. The zero-order chi connectivity index (χ0) is 14.2. The lowest BCUT2D eigenvalue weighted by molar-refractivity contribution is 0.404. The van der Waals surface area contributed by atoms with Gasteiger partial charge in [0.25, 0.3) is 0 Å². The van der Waals surface area contributed by atoms with Crippen molar-refractivity contribution in [3.8, 4) is 0 Å². The Morgan fingerprint density at radius 3 is 2.81 bits per heavy atom. The van der Waals surface area contributed by atoms with E-state index in [1.54, 1.807) is 0 Å². The maximum atomic E-state index is 5.07. The van der Waals surface area contributed by atoms with Crippen molar-refractivity contribution in [3.05, 3.63) is 10.6 Å². The minimum Gasteiger partial charge on any atom is -0.348 e. The van der Waals surface area contributed by atoms with Crippen LogP contribution in [0, 0.1) is 5.92 Å². The third-order valence-electron chi connectivity index (χ3n) is 5.18. The van der Waals surface area contributed by atoms with E-state index in [9.17, 15) is 0 Å². The summed E-state index contributed by atoms with van der Waals surface area (Å²) in [5.74, 6) is 1.65. The number of hydrogen-bond acceptors (Lipinski definition) is 4. The molecular formula is C17H27N3S. The number of anilines is 1. The van der Waals surface area contributed by atoms with Crippen molar-refractivity contribution in [2.45, 2.75) is 70.4 Å². The predicted octanol–water partition coefficient (Wildman–Crippen LogP) is 3.90. The molecule has 0 amide bonds. The van der Waals surface area contributed by atoms with Gasteiger partial charge in [0.2, 0.25) is 0 Å². The van der Waals surface area contributed by atoms with Crippen molar-refractivity contribution in [3.63, 3.8) is 0 Å². The molecule has 1 aliphatic heterocycles. The largest absolute Gasteiger partial charge is 0.348 e. The minimum atomic E-state index is 0.776. The fraction of sp³-hybridized carbons (Fsp3) is 0.824. The first-order valence-electron chi connectivity index (χ1n) is 8.81. The molecule has 2 saturated carbocycles. The molecule has 0 radical (unpaired) electrons. The average molecular weight is 305 g/mol. The third kappa shape index (κ3) is 3.26. The Hall–Kier alpha value is -0.610. The molecule has 0 bridgehead atoms. The zero-order valence-corrected chi connectivity index (χ0v) is 13.9. The molecule has 0 spiro atoms. The van der Waals surface area contributed by atoms with Gasteiger partial charge < -0.3 is 10.2 Å². The molecule has 3 nitrogen and oxygen atoms in total. The molecular weight excluding hydrogens is 278 g/mol. The quantitative estimate of drug-likeness (QED) is 0.864. The summed E-state index contributed by atoms with van der Waals surface area (Å²) in [4.78, 5) is 9.16. The standard InChI is InChI=1S/C17H27N3S/c1-2-12-4-3-9-20(11-12)17-19-16(13-5-6-13)15(21-17)10-18-14-7-8-14/h12-14,18H,2-11H2,1H3. The highest BCUT2D eigenvalue weighted by molar-refractivity contribution is 7.15. The first kappa shape index (κ1) is 14.0. The lowest BCUT2D eigenvalue weighted by atomic mass is 9.96. The van der Waals surface area contributed by atoms with Crippen molar-refractivity contribution in [2.75, 3.05) is 18.0 Å². The highest BCUT2D eigenvalue weighted by Crippen LogP contribution is 2.44. The van der Waals surface area contributed by atoms with Gasteiger partial charge in [-0.15, -0.1) is 11.3 Å². The number of piperidine rings is 1. The number of nitrogens with one attached hydrogen (secondary N) is 1. The van der Waals surface area contributed by atoms with Crippen LogP contribution in [0.1, 0.15) is 68.4 Å². The van der Waals surface area contributed by atoms with Gasteiger partial charge in [-0.3, -0.25) is 0 Å². The van der Waals surface area contributed by atoms with Gasteiger partial charge in [0.05, 0.1) is 5.69 Å². The molecule has 116 valence electrons. The Kier molecular flexibility index (Phi) is 3.92. The highest BCUT2D eigenvalue weighted by atomic mass is 32.1. The molecule has 1 unspecified atom stereocenters. The van der Waals surface area contributed by atoms with E-state index in [4.69, 9.17) is 4.98 Å². The summed E-state index contributed by atoms with van der Waals surface area (Å²) in [5.41, 5.74) is 1.43. The summed E-state index contributed by atoms with van der Waals surface area (Å²) >= 11 is 1.97. The molecule has 4 rings (SSSR count). The van der Waals surface area contributed by atoms with Crippen molar-refractivity contribution in [1.29, 1.82) is 0 Å². The van der Waals surface area contributed by atoms with Crippen LogP contribution in [0.15, 0.2) is 0 Å². The Morgan fingerprint density at radius 2 is 2.10 bits per heavy atom. The van der Waals surface area contributed by atoms with Crippen LogP contribution in [0.2, 0.25) is 0 Å². The minimum absolute atomic E-state index is 0.776. The van der Waals surface area contributed by atoms with Gasteiger partial charge in [-0.1, -0.05) is 13.3 Å². The van der Waals surface area contributed by atoms with Gasteiger partial charge in [-0.25, -0.2) is 4.98 Å². The topological polar surface area (TPSA) is 28.2 Å². The summed E-state index contributed by atoms with van der Waals surface area (Å²) in [7, 11) is 0. The molecule has 1 aromatic heterocycles. The molecule has 0 aromatic carbocycles. The summed E-state index contributed by atoms with van der Waals surface area (Å²) in [6, 6.07) is 0.794. The van der Waals surface area contributed by atoms with E-state index in [0.29, 0.717) is 0 Å². The molecule has 1 N–H and O–H groups in total. The molecule has 1 atom stereocenters. The van der Waals surface area contributed by atoms with Crippen molar-refractivity contribution in [1.82, 2.24) is 10.3 Å². The SMILES string of the molecule is CCC1CCCN(c2nc(C3CC3)c(CNC3CC3)s2)C1. The number of thiazole rings is 1. The van der Waals surface area contributed by atoms with E-state index in [2.05, 4.69) is 17.1 Å². The van der Waals surface area contributed by atoms with Crippen LogP contribution in [0.25, 0.3) is 0 Å². The van der Waals surface area contributed by atoms with Gasteiger partial charge in [0.1, 0.15) is 0 Å². The third-order valence-corrected chi connectivity index (χ3v) is 6.31. The fourth-order valence-corrected chi connectivity index (χ4v) is 4.52. The first-order chi connectivity index (χ1) is 10.3. The second kappa shape index (κ2) is 5.88. The predicted molar refractivity (Wildman–Crippen MR) is 89.2 cm³/mol. The molecule has 2 aliphatic carbocycles. The number of aromatic nitrogens is 1. The van der Waals surface area contributed by atoms with E-state index in [1.165, 1.54) is 73.7 Å². The molecule has 21 heavy (non-hydrogen) atoms. The smallest absolute Gasteiger partial charge is 0.185 e. The zero-order valence-electron chi connectivity index (χ0n) is 13.1. The molecule has 3 aliphatic rings. The Bertz CT molecular complexity index is 490. The van der Waals surface area contributed by atoms with Gasteiger partial charge in [-0.2, -0.15) is 0 Å². The molecule has 2 heterocycles. The summed E-state index contributed by atoms with van der Waals surface area (Å²) < 4.78 is 0. The molecule has 1 saturated heterocycles. The Morgan fingerprint density at radius 1 is 1.24 bits per heavy atom. The van der Waals surface area contributed by atoms with Gasteiger partial charge in [-0.05, 0) is 44.4 Å². The van der Waals surface area contributed by atoms with E-state index >= 15 is 0 Å². The second-order valence-corrected chi connectivity index (χ2v) is 8.16. The van der Waals surface area contributed by atoms with Crippen LogP contribution in [-0.4, -0.2) is 24.1 Å². The van der Waals surface area contributed by atoms with Crippen LogP contribution in [-0.2, 0) is 6.54 Å². The van der Waals surface area contributed by atoms with E-state index in [0.717, 1.165) is 24.4 Å². The van der Waals surface area contributed by atoms with Crippen molar-refractivity contribution in [2.24, 2.45) is 5.92 Å². The number of hydrogen-bond donors (Lipinski definition) is 1. The maximum absolute atomic E-state index is 5.07.